The highest BCUT2D eigenvalue weighted by Crippen LogP contribution is 2.34. The van der Waals surface area contributed by atoms with Gasteiger partial charge in [0.15, 0.2) is 0 Å². The lowest BCUT2D eigenvalue weighted by molar-refractivity contribution is -0.145. The number of carboxylic acids is 1. The number of benzene rings is 2. The zero-order valence-electron chi connectivity index (χ0n) is 13.6. The quantitative estimate of drug-likeness (QED) is 0.659. The van der Waals surface area contributed by atoms with Crippen molar-refractivity contribution in [2.45, 2.75) is 19.6 Å². The number of aryl methyl sites for hydroxylation is 1. The molecule has 0 radical (unpaired) electrons. The van der Waals surface area contributed by atoms with Gasteiger partial charge in [-0.05, 0) is 31.2 Å². The van der Waals surface area contributed by atoms with Gasteiger partial charge in [0, 0.05) is 28.3 Å². The number of nitrogens with zero attached hydrogens (tertiary/aromatic N) is 2. The van der Waals surface area contributed by atoms with Gasteiger partial charge in [-0.15, -0.1) is 0 Å². The molecule has 3 aromatic rings. The van der Waals surface area contributed by atoms with Crippen LogP contribution in [-0.2, 0) is 11.3 Å². The molecule has 3 rings (SSSR count). The van der Waals surface area contributed by atoms with Crippen molar-refractivity contribution < 1.29 is 14.6 Å². The summed E-state index contributed by atoms with van der Waals surface area (Å²) >= 11 is 3.45. The number of carbonyl (C=O) groups is 1. The highest BCUT2D eigenvalue weighted by molar-refractivity contribution is 9.10. The molecule has 1 unspecified atom stereocenters. The fourth-order valence-electron chi connectivity index (χ4n) is 2.50. The lowest BCUT2D eigenvalue weighted by Crippen LogP contribution is -2.18. The Kier molecular flexibility index (Phi) is 5.19. The van der Waals surface area contributed by atoms with Crippen LogP contribution in [0.5, 0.6) is 5.75 Å². The van der Waals surface area contributed by atoms with Gasteiger partial charge < -0.3 is 9.84 Å². The van der Waals surface area contributed by atoms with Crippen LogP contribution >= 0.6 is 15.9 Å². The molecule has 0 bridgehead atoms. The Morgan fingerprint density at radius 1 is 1.24 bits per heavy atom. The Bertz CT molecular complexity index is 877. The van der Waals surface area contributed by atoms with Gasteiger partial charge in [-0.1, -0.05) is 46.3 Å². The predicted octanol–water partition coefficient (Wildman–Crippen LogP) is 4.54. The first-order valence-corrected chi connectivity index (χ1v) is 8.65. The van der Waals surface area contributed by atoms with Crippen LogP contribution in [0, 0.1) is 0 Å². The van der Waals surface area contributed by atoms with Crippen LogP contribution in [0.15, 0.2) is 65.3 Å². The lowest BCUT2D eigenvalue weighted by atomic mass is 10.1. The minimum Gasteiger partial charge on any atom is -0.478 e. The predicted molar refractivity (Wildman–Crippen MR) is 98.5 cm³/mol. The summed E-state index contributed by atoms with van der Waals surface area (Å²) in [5.74, 6) is -0.569. The molecule has 0 spiro atoms. The molecule has 25 heavy (non-hydrogen) atoms. The smallest absolute Gasteiger partial charge is 0.349 e. The maximum absolute atomic E-state index is 11.7. The Balaban J connectivity index is 2.00. The minimum atomic E-state index is -1.09. The topological polar surface area (TPSA) is 64.3 Å². The van der Waals surface area contributed by atoms with E-state index in [9.17, 15) is 9.90 Å². The van der Waals surface area contributed by atoms with E-state index in [1.54, 1.807) is 30.3 Å². The van der Waals surface area contributed by atoms with E-state index in [4.69, 9.17) is 4.74 Å². The highest BCUT2D eigenvalue weighted by Gasteiger charge is 2.23. The second-order valence-corrected chi connectivity index (χ2v) is 6.36. The molecule has 1 aromatic heterocycles. The molecule has 2 aromatic carbocycles. The SMILES string of the molecule is CCn1ccc(-c2cc(Br)ccc2OC(C(=O)O)c2ccccc2)n1. The van der Waals surface area contributed by atoms with Crippen LogP contribution in [0.4, 0.5) is 0 Å². The average molecular weight is 401 g/mol. The fraction of sp³-hybridized carbons (Fsp3) is 0.158. The molecule has 1 atom stereocenters. The van der Waals surface area contributed by atoms with Gasteiger partial charge in [-0.25, -0.2) is 4.79 Å². The summed E-state index contributed by atoms with van der Waals surface area (Å²) in [5.41, 5.74) is 2.06. The van der Waals surface area contributed by atoms with E-state index in [0.717, 1.165) is 22.3 Å². The van der Waals surface area contributed by atoms with Crippen molar-refractivity contribution in [3.8, 4) is 17.0 Å². The number of hydrogen-bond donors (Lipinski definition) is 1. The first kappa shape index (κ1) is 17.2. The van der Waals surface area contributed by atoms with Gasteiger partial charge >= 0.3 is 5.97 Å². The van der Waals surface area contributed by atoms with Crippen molar-refractivity contribution in [1.29, 1.82) is 0 Å². The number of hydrogen-bond acceptors (Lipinski definition) is 3. The van der Waals surface area contributed by atoms with Crippen LogP contribution in [0.25, 0.3) is 11.3 Å². The first-order valence-electron chi connectivity index (χ1n) is 7.86. The van der Waals surface area contributed by atoms with E-state index in [1.807, 2.05) is 42.1 Å². The molecule has 5 nitrogen and oxygen atoms in total. The molecule has 0 aliphatic rings. The van der Waals surface area contributed by atoms with Crippen molar-refractivity contribution in [1.82, 2.24) is 9.78 Å². The number of aliphatic carboxylic acids is 1. The summed E-state index contributed by atoms with van der Waals surface area (Å²) in [7, 11) is 0. The van der Waals surface area contributed by atoms with E-state index in [0.29, 0.717) is 11.3 Å². The summed E-state index contributed by atoms with van der Waals surface area (Å²) in [4.78, 5) is 11.7. The van der Waals surface area contributed by atoms with Crippen LogP contribution in [0.3, 0.4) is 0 Å². The zero-order chi connectivity index (χ0) is 17.8. The summed E-state index contributed by atoms with van der Waals surface area (Å²) in [6.07, 6.45) is 0.792. The van der Waals surface area contributed by atoms with Gasteiger partial charge in [0.2, 0.25) is 6.10 Å². The number of carboxylic acid groups (broad SMARTS) is 1. The summed E-state index contributed by atoms with van der Waals surface area (Å²) in [6.45, 7) is 2.76. The third-order valence-corrected chi connectivity index (χ3v) is 4.25. The Hall–Kier alpha value is -2.60. The number of halogens is 1. The van der Waals surface area contributed by atoms with Crippen LogP contribution in [0.2, 0.25) is 0 Å². The number of rotatable bonds is 6. The standard InChI is InChI=1S/C19H17BrN2O3/c1-2-22-11-10-16(21-22)15-12-14(20)8-9-17(15)25-18(19(23)24)13-6-4-3-5-7-13/h3-12,18H,2H2,1H3,(H,23,24). The summed E-state index contributed by atoms with van der Waals surface area (Å²) in [6, 6.07) is 16.2. The van der Waals surface area contributed by atoms with Crippen molar-refractivity contribution in [2.24, 2.45) is 0 Å². The Morgan fingerprint density at radius 2 is 2.00 bits per heavy atom. The van der Waals surface area contributed by atoms with E-state index in [-0.39, 0.29) is 0 Å². The molecule has 0 saturated carbocycles. The van der Waals surface area contributed by atoms with E-state index < -0.39 is 12.1 Å². The monoisotopic (exact) mass is 400 g/mol. The van der Waals surface area contributed by atoms with E-state index >= 15 is 0 Å². The highest BCUT2D eigenvalue weighted by atomic mass is 79.9. The molecule has 0 aliphatic carbocycles. The van der Waals surface area contributed by atoms with Crippen molar-refractivity contribution in [3.63, 3.8) is 0 Å². The van der Waals surface area contributed by atoms with Crippen LogP contribution < -0.4 is 4.74 Å². The largest absolute Gasteiger partial charge is 0.478 e. The van der Waals surface area contributed by atoms with Gasteiger partial charge in [0.05, 0.1) is 5.69 Å². The molecule has 128 valence electrons. The molecule has 0 aliphatic heterocycles. The third kappa shape index (κ3) is 3.91. The molecule has 0 fully saturated rings. The van der Waals surface area contributed by atoms with E-state index in [2.05, 4.69) is 21.0 Å². The summed E-state index contributed by atoms with van der Waals surface area (Å²) in [5, 5.41) is 14.1. The fourth-order valence-corrected chi connectivity index (χ4v) is 2.86. The van der Waals surface area contributed by atoms with Crippen LogP contribution in [-0.4, -0.2) is 20.9 Å². The molecular weight excluding hydrogens is 384 g/mol. The maximum Gasteiger partial charge on any atom is 0.349 e. The van der Waals surface area contributed by atoms with Gasteiger partial charge in [0.1, 0.15) is 5.75 Å². The summed E-state index contributed by atoms with van der Waals surface area (Å²) < 4.78 is 8.56. The number of ether oxygens (including phenoxy) is 1. The second kappa shape index (κ2) is 7.53. The zero-order valence-corrected chi connectivity index (χ0v) is 15.2. The van der Waals surface area contributed by atoms with E-state index in [1.165, 1.54) is 0 Å². The molecular formula is C19H17BrN2O3. The van der Waals surface area contributed by atoms with Crippen LogP contribution in [0.1, 0.15) is 18.6 Å². The second-order valence-electron chi connectivity index (χ2n) is 5.44. The lowest BCUT2D eigenvalue weighted by Gasteiger charge is -2.17. The Morgan fingerprint density at radius 3 is 2.64 bits per heavy atom. The van der Waals surface area contributed by atoms with Gasteiger partial charge in [-0.3, -0.25) is 4.68 Å². The normalized spacial score (nSPS) is 11.9. The molecule has 0 saturated heterocycles. The molecule has 0 amide bonds. The minimum absolute atomic E-state index is 0.473. The maximum atomic E-state index is 11.7. The first-order chi connectivity index (χ1) is 12.1. The van der Waals surface area contributed by atoms with Gasteiger partial charge in [0.25, 0.3) is 0 Å². The third-order valence-electron chi connectivity index (χ3n) is 3.75. The average Bonchev–Trinajstić information content (AvgIpc) is 3.10. The van der Waals surface area contributed by atoms with Gasteiger partial charge in [-0.2, -0.15) is 5.10 Å². The van der Waals surface area contributed by atoms with Crippen molar-refractivity contribution >= 4 is 21.9 Å². The van der Waals surface area contributed by atoms with Crippen molar-refractivity contribution in [3.05, 3.63) is 70.8 Å². The molecule has 1 N–H and O–H groups in total. The molecule has 1 heterocycles. The number of aromatic nitrogens is 2. The molecule has 6 heteroatoms. The Labute approximate surface area is 154 Å². The van der Waals surface area contributed by atoms with Crippen molar-refractivity contribution in [2.75, 3.05) is 0 Å².